The normalized spacial score (nSPS) is 40.9. The molecule has 0 aromatic heterocycles. The van der Waals surface area contributed by atoms with Crippen molar-refractivity contribution in [1.82, 2.24) is 0 Å². The third-order valence-electron chi connectivity index (χ3n) is 5.04. The number of hydrogen-bond donors (Lipinski definition) is 2. The Bertz CT molecular complexity index is 231. The van der Waals surface area contributed by atoms with Crippen molar-refractivity contribution in [2.75, 3.05) is 0 Å². The summed E-state index contributed by atoms with van der Waals surface area (Å²) in [6.45, 7) is 4.74. The summed E-state index contributed by atoms with van der Waals surface area (Å²) in [6, 6.07) is 0. The van der Waals surface area contributed by atoms with E-state index in [1.807, 2.05) is 0 Å². The maximum Gasteiger partial charge on any atom is 0.0541 e. The summed E-state index contributed by atoms with van der Waals surface area (Å²) in [5, 5.41) is 9.57. The smallest absolute Gasteiger partial charge is 0.0541 e. The lowest BCUT2D eigenvalue weighted by molar-refractivity contribution is 0.0491. The van der Waals surface area contributed by atoms with E-state index in [1.165, 1.54) is 25.7 Å². The topological polar surface area (TPSA) is 46.2 Å². The molecule has 2 heteroatoms. The lowest BCUT2D eigenvalue weighted by Crippen LogP contribution is -2.51. The van der Waals surface area contributed by atoms with Gasteiger partial charge in [-0.25, -0.2) is 0 Å². The highest BCUT2D eigenvalue weighted by Gasteiger charge is 2.41. The van der Waals surface area contributed by atoms with Gasteiger partial charge in [0.1, 0.15) is 0 Å². The number of nitrogens with two attached hydrogens (primary N) is 1. The second kappa shape index (κ2) is 4.30. The van der Waals surface area contributed by atoms with Crippen molar-refractivity contribution in [3.63, 3.8) is 0 Å². The first-order valence-electron chi connectivity index (χ1n) is 6.88. The fourth-order valence-electron chi connectivity index (χ4n) is 3.52. The van der Waals surface area contributed by atoms with Crippen LogP contribution in [0.1, 0.15) is 65.2 Å². The summed E-state index contributed by atoms with van der Waals surface area (Å²) < 4.78 is 0. The van der Waals surface area contributed by atoms with E-state index in [0.717, 1.165) is 25.7 Å². The predicted molar refractivity (Wildman–Crippen MR) is 67.1 cm³/mol. The first-order chi connectivity index (χ1) is 7.41. The van der Waals surface area contributed by atoms with E-state index in [2.05, 4.69) is 13.8 Å². The van der Waals surface area contributed by atoms with Crippen LogP contribution in [-0.2, 0) is 0 Å². The number of aliphatic hydroxyl groups is 1. The zero-order valence-corrected chi connectivity index (χ0v) is 10.8. The Kier molecular flexibility index (Phi) is 3.33. The van der Waals surface area contributed by atoms with Crippen molar-refractivity contribution in [2.24, 2.45) is 17.1 Å². The molecular weight excluding hydrogens is 198 g/mol. The summed E-state index contributed by atoms with van der Waals surface area (Å²) in [7, 11) is 0. The largest absolute Gasteiger partial charge is 0.393 e. The molecule has 94 valence electrons. The number of hydrogen-bond acceptors (Lipinski definition) is 2. The van der Waals surface area contributed by atoms with Gasteiger partial charge in [0.15, 0.2) is 0 Å². The molecule has 2 rings (SSSR count). The van der Waals surface area contributed by atoms with E-state index >= 15 is 0 Å². The Balaban J connectivity index is 1.93. The van der Waals surface area contributed by atoms with Crippen molar-refractivity contribution in [2.45, 2.75) is 76.9 Å². The van der Waals surface area contributed by atoms with E-state index in [-0.39, 0.29) is 11.6 Å². The summed E-state index contributed by atoms with van der Waals surface area (Å²) in [5.41, 5.74) is 7.14. The van der Waals surface area contributed by atoms with Gasteiger partial charge in [-0.05, 0) is 62.7 Å². The maximum atomic E-state index is 9.57. The van der Waals surface area contributed by atoms with Crippen LogP contribution in [0.5, 0.6) is 0 Å². The van der Waals surface area contributed by atoms with Crippen LogP contribution in [0.4, 0.5) is 0 Å². The van der Waals surface area contributed by atoms with Gasteiger partial charge in [-0.2, -0.15) is 0 Å². The van der Waals surface area contributed by atoms with Gasteiger partial charge in [-0.3, -0.25) is 0 Å². The molecule has 0 aromatic carbocycles. The molecule has 0 aromatic rings. The van der Waals surface area contributed by atoms with Gasteiger partial charge in [-0.1, -0.05) is 13.8 Å². The van der Waals surface area contributed by atoms with Crippen molar-refractivity contribution < 1.29 is 5.11 Å². The molecule has 0 atom stereocenters. The molecule has 0 saturated heterocycles. The lowest BCUT2D eigenvalue weighted by Gasteiger charge is -2.46. The molecule has 2 fully saturated rings. The van der Waals surface area contributed by atoms with Crippen LogP contribution in [0.25, 0.3) is 0 Å². The summed E-state index contributed by atoms with van der Waals surface area (Å²) in [6.07, 6.45) is 9.01. The van der Waals surface area contributed by atoms with Crippen LogP contribution in [0, 0.1) is 11.3 Å². The molecule has 2 nitrogen and oxygen atoms in total. The highest BCUT2D eigenvalue weighted by atomic mass is 16.3. The average Bonchev–Trinajstić information content (AvgIpc) is 2.22. The van der Waals surface area contributed by atoms with Crippen LogP contribution in [0.3, 0.4) is 0 Å². The number of rotatable bonds is 1. The van der Waals surface area contributed by atoms with Crippen molar-refractivity contribution in [3.8, 4) is 0 Å². The Morgan fingerprint density at radius 2 is 1.44 bits per heavy atom. The zero-order chi connectivity index (χ0) is 11.8. The fraction of sp³-hybridized carbons (Fsp3) is 1.00. The molecule has 0 heterocycles. The molecule has 0 bridgehead atoms. The third-order valence-corrected chi connectivity index (χ3v) is 5.04. The standard InChI is InChI=1S/C14H27NO/c1-13(2)7-3-11(4-8-13)14(15)9-5-12(16)6-10-14/h11-12,16H,3-10,15H2,1-2H3. The van der Waals surface area contributed by atoms with Gasteiger partial charge in [0, 0.05) is 5.54 Å². The minimum atomic E-state index is -0.0864. The van der Waals surface area contributed by atoms with E-state index < -0.39 is 0 Å². The van der Waals surface area contributed by atoms with E-state index in [1.54, 1.807) is 0 Å². The molecule has 16 heavy (non-hydrogen) atoms. The van der Waals surface area contributed by atoms with Crippen molar-refractivity contribution in [3.05, 3.63) is 0 Å². The highest BCUT2D eigenvalue weighted by molar-refractivity contribution is 4.98. The maximum absolute atomic E-state index is 9.57. The first-order valence-corrected chi connectivity index (χ1v) is 6.88. The van der Waals surface area contributed by atoms with Gasteiger partial charge >= 0.3 is 0 Å². The summed E-state index contributed by atoms with van der Waals surface area (Å²) in [5.74, 6) is 0.702. The molecule has 0 amide bonds. The Morgan fingerprint density at radius 3 is 1.94 bits per heavy atom. The highest BCUT2D eigenvalue weighted by Crippen LogP contribution is 2.45. The Morgan fingerprint density at radius 1 is 0.938 bits per heavy atom. The molecular formula is C14H27NO. The van der Waals surface area contributed by atoms with Gasteiger partial charge in [0.2, 0.25) is 0 Å². The SMILES string of the molecule is CC1(C)CCC(C2(N)CCC(O)CC2)CC1. The molecule has 2 aliphatic rings. The first kappa shape index (κ1) is 12.4. The molecule has 0 unspecified atom stereocenters. The van der Waals surface area contributed by atoms with Crippen LogP contribution < -0.4 is 5.73 Å². The van der Waals surface area contributed by atoms with Gasteiger partial charge in [0.05, 0.1) is 6.10 Å². The van der Waals surface area contributed by atoms with E-state index in [9.17, 15) is 5.11 Å². The van der Waals surface area contributed by atoms with Crippen molar-refractivity contribution in [1.29, 1.82) is 0 Å². The predicted octanol–water partition coefficient (Wildman–Crippen LogP) is 2.84. The quantitative estimate of drug-likeness (QED) is 0.721. The minimum absolute atomic E-state index is 0.0374. The second-order valence-electron chi connectivity index (χ2n) is 6.90. The molecule has 0 aliphatic heterocycles. The van der Waals surface area contributed by atoms with Crippen LogP contribution in [0.2, 0.25) is 0 Å². The van der Waals surface area contributed by atoms with Crippen molar-refractivity contribution >= 4 is 0 Å². The van der Waals surface area contributed by atoms with Crippen LogP contribution >= 0.6 is 0 Å². The van der Waals surface area contributed by atoms with Crippen LogP contribution in [0.15, 0.2) is 0 Å². The van der Waals surface area contributed by atoms with Gasteiger partial charge < -0.3 is 10.8 Å². The lowest BCUT2D eigenvalue weighted by atomic mass is 9.63. The van der Waals surface area contributed by atoms with E-state index in [4.69, 9.17) is 5.73 Å². The molecule has 2 saturated carbocycles. The van der Waals surface area contributed by atoms with Gasteiger partial charge in [0.25, 0.3) is 0 Å². The zero-order valence-electron chi connectivity index (χ0n) is 10.8. The Labute approximate surface area is 99.6 Å². The molecule has 0 radical (unpaired) electrons. The molecule has 2 aliphatic carbocycles. The Hall–Kier alpha value is -0.0800. The van der Waals surface area contributed by atoms with E-state index in [0.29, 0.717) is 11.3 Å². The summed E-state index contributed by atoms with van der Waals surface area (Å²) in [4.78, 5) is 0. The summed E-state index contributed by atoms with van der Waals surface area (Å²) >= 11 is 0. The number of aliphatic hydroxyl groups excluding tert-OH is 1. The van der Waals surface area contributed by atoms with Gasteiger partial charge in [-0.15, -0.1) is 0 Å². The average molecular weight is 225 g/mol. The molecule has 0 spiro atoms. The molecule has 3 N–H and O–H groups in total. The monoisotopic (exact) mass is 225 g/mol. The van der Waals surface area contributed by atoms with Crippen LogP contribution in [-0.4, -0.2) is 16.7 Å². The second-order valence-corrected chi connectivity index (χ2v) is 6.90. The third kappa shape index (κ3) is 2.60. The minimum Gasteiger partial charge on any atom is -0.393 e. The fourth-order valence-corrected chi connectivity index (χ4v) is 3.52.